The highest BCUT2D eigenvalue weighted by atomic mass is 16.4. The first-order chi connectivity index (χ1) is 8.43. The normalized spacial score (nSPS) is 14.9. The summed E-state index contributed by atoms with van der Waals surface area (Å²) in [4.78, 5) is 34.9. The van der Waals surface area contributed by atoms with E-state index in [-0.39, 0.29) is 16.8 Å². The lowest BCUT2D eigenvalue weighted by Crippen LogP contribution is -2.30. The third-order valence-electron chi connectivity index (χ3n) is 2.59. The Bertz CT molecular complexity index is 602. The molecule has 0 fully saturated rings. The fourth-order valence-electron chi connectivity index (χ4n) is 1.70. The molecule has 0 bridgehead atoms. The zero-order valence-electron chi connectivity index (χ0n) is 9.38. The summed E-state index contributed by atoms with van der Waals surface area (Å²) in [5.41, 5.74) is -0.254. The topological polar surface area (TPSA) is 94.9 Å². The second-order valence-corrected chi connectivity index (χ2v) is 3.78. The summed E-state index contributed by atoms with van der Waals surface area (Å²) in [6.07, 6.45) is 1.13. The minimum absolute atomic E-state index is 0.127. The number of aromatic carboxylic acids is 1. The Morgan fingerprint density at radius 2 is 1.94 bits per heavy atom. The molecule has 1 aromatic rings. The van der Waals surface area contributed by atoms with Crippen molar-refractivity contribution < 1.29 is 24.6 Å². The SMILES string of the molecule is CC1=CC(=O)N(c2cccc(C(=O)O)c2O)C1=O. The van der Waals surface area contributed by atoms with Gasteiger partial charge in [0.15, 0.2) is 5.75 Å². The van der Waals surface area contributed by atoms with Crippen molar-refractivity contribution in [2.45, 2.75) is 6.92 Å². The molecule has 6 heteroatoms. The van der Waals surface area contributed by atoms with E-state index in [2.05, 4.69) is 0 Å². The van der Waals surface area contributed by atoms with Crippen molar-refractivity contribution in [2.24, 2.45) is 0 Å². The van der Waals surface area contributed by atoms with Crippen molar-refractivity contribution in [1.29, 1.82) is 0 Å². The zero-order valence-corrected chi connectivity index (χ0v) is 9.38. The van der Waals surface area contributed by atoms with Gasteiger partial charge in [-0.05, 0) is 19.1 Å². The minimum atomic E-state index is -1.34. The molecule has 1 aromatic carbocycles. The third-order valence-corrected chi connectivity index (χ3v) is 2.59. The van der Waals surface area contributed by atoms with Crippen LogP contribution >= 0.6 is 0 Å². The molecule has 2 N–H and O–H groups in total. The first-order valence-corrected chi connectivity index (χ1v) is 5.05. The van der Waals surface area contributed by atoms with E-state index in [0.717, 1.165) is 11.0 Å². The van der Waals surface area contributed by atoms with Gasteiger partial charge in [0.25, 0.3) is 11.8 Å². The van der Waals surface area contributed by atoms with Gasteiger partial charge in [-0.25, -0.2) is 9.69 Å². The van der Waals surface area contributed by atoms with Crippen LogP contribution in [0.15, 0.2) is 29.8 Å². The molecule has 18 heavy (non-hydrogen) atoms. The van der Waals surface area contributed by atoms with E-state index in [1.807, 2.05) is 0 Å². The second kappa shape index (κ2) is 3.99. The quantitative estimate of drug-likeness (QED) is 0.757. The monoisotopic (exact) mass is 247 g/mol. The van der Waals surface area contributed by atoms with Crippen molar-refractivity contribution >= 4 is 23.5 Å². The van der Waals surface area contributed by atoms with Gasteiger partial charge in [-0.2, -0.15) is 0 Å². The number of phenols is 1. The number of hydrogen-bond donors (Lipinski definition) is 2. The van der Waals surface area contributed by atoms with Crippen molar-refractivity contribution in [3.63, 3.8) is 0 Å². The summed E-state index contributed by atoms with van der Waals surface area (Å²) in [5, 5.41) is 18.6. The third kappa shape index (κ3) is 1.64. The molecule has 92 valence electrons. The molecule has 1 aliphatic rings. The van der Waals surface area contributed by atoms with Gasteiger partial charge in [0.1, 0.15) is 5.56 Å². The van der Waals surface area contributed by atoms with E-state index >= 15 is 0 Å². The molecular formula is C12H9NO5. The summed E-state index contributed by atoms with van der Waals surface area (Å²) >= 11 is 0. The number of amides is 2. The highest BCUT2D eigenvalue weighted by molar-refractivity contribution is 6.31. The molecule has 2 rings (SSSR count). The smallest absolute Gasteiger partial charge is 0.339 e. The Morgan fingerprint density at radius 1 is 1.28 bits per heavy atom. The van der Waals surface area contributed by atoms with Crippen LogP contribution in [0.25, 0.3) is 0 Å². The predicted molar refractivity (Wildman–Crippen MR) is 61.3 cm³/mol. The van der Waals surface area contributed by atoms with Crippen LogP contribution in [0.5, 0.6) is 5.75 Å². The van der Waals surface area contributed by atoms with Crippen molar-refractivity contribution in [3.8, 4) is 5.75 Å². The molecule has 0 aromatic heterocycles. The molecule has 0 radical (unpaired) electrons. The van der Waals surface area contributed by atoms with Crippen LogP contribution in [0, 0.1) is 0 Å². The molecule has 0 unspecified atom stereocenters. The van der Waals surface area contributed by atoms with Gasteiger partial charge in [-0.3, -0.25) is 9.59 Å². The van der Waals surface area contributed by atoms with Crippen LogP contribution in [-0.4, -0.2) is 28.0 Å². The standard InChI is InChI=1S/C12H9NO5/c1-6-5-9(14)13(11(6)16)8-4-2-3-7(10(8)15)12(17)18/h2-5,15H,1H3,(H,17,18). The molecule has 0 atom stereocenters. The number of nitrogens with zero attached hydrogens (tertiary/aromatic N) is 1. The molecule has 1 aliphatic heterocycles. The van der Waals surface area contributed by atoms with E-state index in [9.17, 15) is 19.5 Å². The van der Waals surface area contributed by atoms with Crippen LogP contribution in [0.3, 0.4) is 0 Å². The summed E-state index contributed by atoms with van der Waals surface area (Å²) in [6.45, 7) is 1.47. The number of carbonyl (C=O) groups excluding carboxylic acids is 2. The highest BCUT2D eigenvalue weighted by Crippen LogP contribution is 2.33. The molecule has 6 nitrogen and oxygen atoms in total. The maximum atomic E-state index is 11.7. The van der Waals surface area contributed by atoms with E-state index in [1.54, 1.807) is 0 Å². The summed E-state index contributed by atoms with van der Waals surface area (Å²) in [7, 11) is 0. The minimum Gasteiger partial charge on any atom is -0.505 e. The maximum absolute atomic E-state index is 11.7. The van der Waals surface area contributed by atoms with Crippen molar-refractivity contribution in [2.75, 3.05) is 4.90 Å². The highest BCUT2D eigenvalue weighted by Gasteiger charge is 2.32. The number of hydrogen-bond acceptors (Lipinski definition) is 4. The number of imide groups is 1. The Morgan fingerprint density at radius 3 is 2.44 bits per heavy atom. The van der Waals surface area contributed by atoms with Crippen LogP contribution in [0.2, 0.25) is 0 Å². The Kier molecular flexibility index (Phi) is 2.63. The predicted octanol–water partition coefficient (Wildman–Crippen LogP) is 0.910. The van der Waals surface area contributed by atoms with Crippen LogP contribution in [-0.2, 0) is 9.59 Å². The average molecular weight is 247 g/mol. The second-order valence-electron chi connectivity index (χ2n) is 3.78. The first-order valence-electron chi connectivity index (χ1n) is 5.05. The first kappa shape index (κ1) is 11.8. The van der Waals surface area contributed by atoms with E-state index in [4.69, 9.17) is 5.11 Å². The molecule has 2 amide bonds. The molecular weight excluding hydrogens is 238 g/mol. The number of rotatable bonds is 2. The van der Waals surface area contributed by atoms with E-state index < -0.39 is 23.5 Å². The summed E-state index contributed by atoms with van der Waals surface area (Å²) in [6, 6.07) is 3.85. The van der Waals surface area contributed by atoms with E-state index in [1.165, 1.54) is 25.1 Å². The fraction of sp³-hybridized carbons (Fsp3) is 0.0833. The van der Waals surface area contributed by atoms with Crippen molar-refractivity contribution in [3.05, 3.63) is 35.4 Å². The molecule has 0 saturated heterocycles. The molecule has 1 heterocycles. The lowest BCUT2D eigenvalue weighted by Gasteiger charge is -2.16. The zero-order chi connectivity index (χ0) is 13.4. The van der Waals surface area contributed by atoms with Gasteiger partial charge in [-0.15, -0.1) is 0 Å². The number of anilines is 1. The lowest BCUT2D eigenvalue weighted by molar-refractivity contribution is -0.120. The fourth-order valence-corrected chi connectivity index (χ4v) is 1.70. The number of carboxylic acid groups (broad SMARTS) is 1. The maximum Gasteiger partial charge on any atom is 0.339 e. The number of carbonyl (C=O) groups is 3. The Hall–Kier alpha value is -2.63. The number of benzene rings is 1. The van der Waals surface area contributed by atoms with Gasteiger partial charge in [0.05, 0.1) is 5.69 Å². The number of aromatic hydroxyl groups is 1. The van der Waals surface area contributed by atoms with Crippen LogP contribution in [0.4, 0.5) is 5.69 Å². The van der Waals surface area contributed by atoms with Crippen LogP contribution in [0.1, 0.15) is 17.3 Å². The Balaban J connectivity index is 2.54. The number of carboxylic acids is 1. The van der Waals surface area contributed by atoms with Crippen molar-refractivity contribution in [1.82, 2.24) is 0 Å². The van der Waals surface area contributed by atoms with Gasteiger partial charge in [0.2, 0.25) is 0 Å². The van der Waals surface area contributed by atoms with Gasteiger partial charge in [-0.1, -0.05) is 6.07 Å². The van der Waals surface area contributed by atoms with Gasteiger partial charge in [0, 0.05) is 11.6 Å². The summed E-state index contributed by atoms with van der Waals surface area (Å²) in [5.74, 6) is -3.11. The van der Waals surface area contributed by atoms with E-state index in [0.29, 0.717) is 0 Å². The van der Waals surface area contributed by atoms with Gasteiger partial charge >= 0.3 is 5.97 Å². The lowest BCUT2D eigenvalue weighted by atomic mass is 10.1. The Labute approximate surface area is 102 Å². The number of para-hydroxylation sites is 1. The molecule has 0 spiro atoms. The molecule has 0 aliphatic carbocycles. The average Bonchev–Trinajstić information content (AvgIpc) is 2.54. The van der Waals surface area contributed by atoms with Crippen LogP contribution < -0.4 is 4.90 Å². The summed E-state index contributed by atoms with van der Waals surface area (Å²) < 4.78 is 0. The van der Waals surface area contributed by atoms with Gasteiger partial charge < -0.3 is 10.2 Å². The largest absolute Gasteiger partial charge is 0.505 e. The molecule has 0 saturated carbocycles.